The van der Waals surface area contributed by atoms with Gasteiger partial charge in [-0.25, -0.2) is 15.2 Å². The molecule has 3 rings (SSSR count). The van der Waals surface area contributed by atoms with Crippen LogP contribution in [0.1, 0.15) is 85.3 Å². The zero-order valence-electron chi connectivity index (χ0n) is 17.6. The molecule has 2 aromatic rings. The Kier molecular flexibility index (Phi) is 7.61. The van der Waals surface area contributed by atoms with Gasteiger partial charge >= 0.3 is 5.97 Å². The van der Waals surface area contributed by atoms with Crippen LogP contribution in [-0.2, 0) is 4.74 Å². The Morgan fingerprint density at radius 1 is 1.33 bits per heavy atom. The van der Waals surface area contributed by atoms with Gasteiger partial charge in [0.1, 0.15) is 6.07 Å². The van der Waals surface area contributed by atoms with Gasteiger partial charge in [-0.3, -0.25) is 0 Å². The summed E-state index contributed by atoms with van der Waals surface area (Å²) < 4.78 is 10.5. The van der Waals surface area contributed by atoms with Crippen LogP contribution in [0.25, 0.3) is 0 Å². The number of carbonyl (C=O) groups excluding carboxylic acids is 1. The fraction of sp³-hybridized carbons (Fsp3) is 0.478. The van der Waals surface area contributed by atoms with E-state index in [1.807, 2.05) is 0 Å². The highest BCUT2D eigenvalue weighted by atomic mass is 16.5. The number of ether oxygens (including phenoxy) is 1. The Morgan fingerprint density at radius 2 is 2.07 bits per heavy atom. The van der Waals surface area contributed by atoms with E-state index in [1.54, 1.807) is 30.5 Å². The van der Waals surface area contributed by atoms with Gasteiger partial charge in [-0.1, -0.05) is 38.3 Å². The molecular weight excluding hydrogens is 380 g/mol. The van der Waals surface area contributed by atoms with Crippen molar-refractivity contribution in [3.05, 3.63) is 47.0 Å². The van der Waals surface area contributed by atoms with Crippen molar-refractivity contribution in [1.29, 1.82) is 5.26 Å². The van der Waals surface area contributed by atoms with Crippen molar-refractivity contribution in [2.45, 2.75) is 57.8 Å². The molecule has 0 atom stereocenters. The summed E-state index contributed by atoms with van der Waals surface area (Å²) in [5, 5.41) is 13.5. The minimum absolute atomic E-state index is 0.219. The molecule has 7 heteroatoms. The number of anilines is 1. The van der Waals surface area contributed by atoms with Gasteiger partial charge < -0.3 is 9.15 Å². The number of hydrogen-bond acceptors (Lipinski definition) is 7. The molecule has 30 heavy (non-hydrogen) atoms. The van der Waals surface area contributed by atoms with Gasteiger partial charge in [0.05, 0.1) is 18.9 Å². The number of oxazole rings is 1. The van der Waals surface area contributed by atoms with Crippen LogP contribution in [0, 0.1) is 17.2 Å². The number of nitrogens with one attached hydrogen (secondary N) is 1. The standard InChI is InChI=1S/C23H28N4O3/c1-3-4-5-16-6-10-18(11-7-16)21-26-20(14-24)22(30-21)27-25-15-17-8-12-19(13-9-17)23(28)29-2/h8-9,12-13,15-16,18,27H,3-7,10-11H2,1-2H3. The van der Waals surface area contributed by atoms with Crippen molar-refractivity contribution >= 4 is 18.1 Å². The van der Waals surface area contributed by atoms with E-state index in [-0.39, 0.29) is 23.5 Å². The average molecular weight is 409 g/mol. The molecule has 0 spiro atoms. The van der Waals surface area contributed by atoms with Crippen LogP contribution in [0.3, 0.4) is 0 Å². The molecule has 158 valence electrons. The molecule has 1 aliphatic carbocycles. The van der Waals surface area contributed by atoms with E-state index in [1.165, 1.54) is 39.2 Å². The minimum atomic E-state index is -0.385. The van der Waals surface area contributed by atoms with Crippen molar-refractivity contribution in [2.24, 2.45) is 11.0 Å². The predicted molar refractivity (Wildman–Crippen MR) is 114 cm³/mol. The highest BCUT2D eigenvalue weighted by Crippen LogP contribution is 2.38. The summed E-state index contributed by atoms with van der Waals surface area (Å²) >= 11 is 0. The van der Waals surface area contributed by atoms with E-state index in [9.17, 15) is 10.1 Å². The number of hydrogen-bond donors (Lipinski definition) is 1. The highest BCUT2D eigenvalue weighted by Gasteiger charge is 2.27. The normalized spacial score (nSPS) is 18.8. The van der Waals surface area contributed by atoms with Gasteiger partial charge in [0.25, 0.3) is 5.88 Å². The van der Waals surface area contributed by atoms with Gasteiger partial charge in [-0.15, -0.1) is 0 Å². The molecule has 0 amide bonds. The van der Waals surface area contributed by atoms with Crippen LogP contribution >= 0.6 is 0 Å². The van der Waals surface area contributed by atoms with Crippen LogP contribution in [0.2, 0.25) is 0 Å². The maximum Gasteiger partial charge on any atom is 0.337 e. The maximum absolute atomic E-state index is 11.5. The SMILES string of the molecule is CCCCC1CCC(c2nc(C#N)c(NN=Cc3ccc(C(=O)OC)cc3)o2)CC1. The first-order chi connectivity index (χ1) is 14.6. The van der Waals surface area contributed by atoms with Gasteiger partial charge in [0.2, 0.25) is 11.6 Å². The number of esters is 1. The second kappa shape index (κ2) is 10.6. The molecule has 0 radical (unpaired) electrons. The average Bonchev–Trinajstić information content (AvgIpc) is 3.21. The van der Waals surface area contributed by atoms with Crippen LogP contribution < -0.4 is 5.43 Å². The zero-order chi connectivity index (χ0) is 21.3. The smallest absolute Gasteiger partial charge is 0.337 e. The highest BCUT2D eigenvalue weighted by molar-refractivity contribution is 5.90. The summed E-state index contributed by atoms with van der Waals surface area (Å²) in [6.45, 7) is 2.23. The van der Waals surface area contributed by atoms with Crippen LogP contribution in [0.15, 0.2) is 33.8 Å². The first-order valence-corrected chi connectivity index (χ1v) is 10.5. The van der Waals surface area contributed by atoms with Gasteiger partial charge in [0.15, 0.2) is 0 Å². The number of nitriles is 1. The van der Waals surface area contributed by atoms with Crippen molar-refractivity contribution < 1.29 is 13.9 Å². The number of benzene rings is 1. The number of hydrazone groups is 1. The Hall–Kier alpha value is -3.14. The Labute approximate surface area is 177 Å². The lowest BCUT2D eigenvalue weighted by Crippen LogP contribution is -2.13. The monoisotopic (exact) mass is 408 g/mol. The van der Waals surface area contributed by atoms with Crippen molar-refractivity contribution in [3.8, 4) is 6.07 Å². The summed E-state index contributed by atoms with van der Waals surface area (Å²) in [5.74, 6) is 1.58. The third-order valence-corrected chi connectivity index (χ3v) is 5.62. The first kappa shape index (κ1) is 21.6. The van der Waals surface area contributed by atoms with E-state index in [0.29, 0.717) is 11.5 Å². The van der Waals surface area contributed by atoms with Crippen molar-refractivity contribution in [3.63, 3.8) is 0 Å². The van der Waals surface area contributed by atoms with E-state index in [0.717, 1.165) is 24.3 Å². The van der Waals surface area contributed by atoms with Crippen LogP contribution in [0.4, 0.5) is 5.88 Å². The molecule has 1 aliphatic rings. The fourth-order valence-electron chi connectivity index (χ4n) is 3.84. The Balaban J connectivity index is 1.59. The van der Waals surface area contributed by atoms with Crippen molar-refractivity contribution in [1.82, 2.24) is 4.98 Å². The van der Waals surface area contributed by atoms with E-state index in [4.69, 9.17) is 4.42 Å². The summed E-state index contributed by atoms with van der Waals surface area (Å²) in [6.07, 6.45) is 9.92. The number of rotatable bonds is 8. The molecule has 0 unspecified atom stereocenters. The molecule has 1 saturated carbocycles. The van der Waals surface area contributed by atoms with Gasteiger partial charge in [-0.2, -0.15) is 10.4 Å². The lowest BCUT2D eigenvalue weighted by atomic mass is 9.80. The Morgan fingerprint density at radius 3 is 2.70 bits per heavy atom. The number of methoxy groups -OCH3 is 1. The second-order valence-electron chi connectivity index (χ2n) is 7.69. The molecule has 0 aliphatic heterocycles. The number of nitrogens with zero attached hydrogens (tertiary/aromatic N) is 3. The largest absolute Gasteiger partial charge is 0.465 e. The summed E-state index contributed by atoms with van der Waals surface area (Å²) in [4.78, 5) is 15.9. The molecule has 1 fully saturated rings. The first-order valence-electron chi connectivity index (χ1n) is 10.5. The van der Waals surface area contributed by atoms with Crippen molar-refractivity contribution in [2.75, 3.05) is 12.5 Å². The Bertz CT molecular complexity index is 904. The van der Waals surface area contributed by atoms with Crippen LogP contribution in [0.5, 0.6) is 0 Å². The summed E-state index contributed by atoms with van der Waals surface area (Å²) in [5.41, 5.74) is 4.26. The number of carbonyl (C=O) groups is 1. The third kappa shape index (κ3) is 5.47. The molecule has 0 bridgehead atoms. The number of aromatic nitrogens is 1. The molecule has 1 aromatic heterocycles. The quantitative estimate of drug-likeness (QED) is 0.364. The molecule has 1 heterocycles. The third-order valence-electron chi connectivity index (χ3n) is 5.62. The molecule has 7 nitrogen and oxygen atoms in total. The second-order valence-corrected chi connectivity index (χ2v) is 7.69. The van der Waals surface area contributed by atoms with E-state index >= 15 is 0 Å². The topological polar surface area (TPSA) is 101 Å². The van der Waals surface area contributed by atoms with E-state index in [2.05, 4.69) is 33.2 Å². The maximum atomic E-state index is 11.5. The molecule has 1 aromatic carbocycles. The lowest BCUT2D eigenvalue weighted by molar-refractivity contribution is 0.0600. The summed E-state index contributed by atoms with van der Waals surface area (Å²) in [6, 6.07) is 8.91. The molecule has 1 N–H and O–H groups in total. The zero-order valence-corrected chi connectivity index (χ0v) is 17.6. The van der Waals surface area contributed by atoms with Gasteiger partial charge in [0, 0.05) is 5.92 Å². The van der Waals surface area contributed by atoms with Crippen LogP contribution in [-0.4, -0.2) is 24.3 Å². The minimum Gasteiger partial charge on any atom is -0.465 e. The lowest BCUT2D eigenvalue weighted by Gasteiger charge is -2.26. The summed E-state index contributed by atoms with van der Waals surface area (Å²) in [7, 11) is 1.35. The van der Waals surface area contributed by atoms with Gasteiger partial charge in [-0.05, 0) is 49.3 Å². The van der Waals surface area contributed by atoms with E-state index < -0.39 is 0 Å². The number of unbranched alkanes of at least 4 members (excludes halogenated alkanes) is 1. The fourth-order valence-corrected chi connectivity index (χ4v) is 3.84. The molecular formula is C23H28N4O3. The molecule has 0 saturated heterocycles. The predicted octanol–water partition coefficient (Wildman–Crippen LogP) is 5.24.